The summed E-state index contributed by atoms with van der Waals surface area (Å²) in [5, 5.41) is 5.16. The van der Waals surface area contributed by atoms with Crippen molar-refractivity contribution in [1.29, 1.82) is 0 Å². The van der Waals surface area contributed by atoms with E-state index in [1.54, 1.807) is 29.7 Å². The molecule has 2 aromatic rings. The van der Waals surface area contributed by atoms with E-state index < -0.39 is 54.5 Å². The van der Waals surface area contributed by atoms with E-state index in [0.29, 0.717) is 25.1 Å². The van der Waals surface area contributed by atoms with E-state index in [1.807, 2.05) is 30.3 Å². The average molecular weight is 634 g/mol. The number of hydrazine groups is 1. The molecule has 0 radical (unpaired) electrons. The van der Waals surface area contributed by atoms with Gasteiger partial charge in [-0.3, -0.25) is 34.8 Å². The molecule has 2 aliphatic rings. The van der Waals surface area contributed by atoms with Gasteiger partial charge >= 0.3 is 12.1 Å². The number of carbonyl (C=O) groups excluding carboxylic acids is 5. The molecule has 0 aliphatic carbocycles. The summed E-state index contributed by atoms with van der Waals surface area (Å²) in [7, 11) is 0. The van der Waals surface area contributed by atoms with Crippen LogP contribution in [-0.2, 0) is 41.6 Å². The molecule has 0 spiro atoms. The number of halogens is 3. The maximum atomic E-state index is 13.8. The highest BCUT2D eigenvalue weighted by Crippen LogP contribution is 2.21. The zero-order valence-electron chi connectivity index (χ0n) is 24.2. The fourth-order valence-corrected chi connectivity index (χ4v) is 4.97. The lowest BCUT2D eigenvalue weighted by atomic mass is 10.0. The number of aryl methyl sites for hydroxylation is 1. The van der Waals surface area contributed by atoms with Gasteiger partial charge in [0.25, 0.3) is 5.91 Å². The van der Waals surface area contributed by atoms with E-state index in [9.17, 15) is 37.1 Å². The Labute approximate surface area is 257 Å². The van der Waals surface area contributed by atoms with Crippen molar-refractivity contribution in [3.63, 3.8) is 0 Å². The number of amides is 5. The minimum atomic E-state index is -5.26. The summed E-state index contributed by atoms with van der Waals surface area (Å²) >= 11 is 0. The number of ether oxygens (including phenoxy) is 2. The summed E-state index contributed by atoms with van der Waals surface area (Å²) in [4.78, 5) is 65.6. The average Bonchev–Trinajstić information content (AvgIpc) is 3.44. The van der Waals surface area contributed by atoms with Crippen LogP contribution in [0.25, 0.3) is 0 Å². The highest BCUT2D eigenvalue weighted by Gasteiger charge is 2.40. The van der Waals surface area contributed by atoms with Crippen LogP contribution in [0.2, 0.25) is 0 Å². The number of benzene rings is 2. The van der Waals surface area contributed by atoms with Gasteiger partial charge in [0.2, 0.25) is 17.7 Å². The number of rotatable bonds is 5. The third-order valence-corrected chi connectivity index (χ3v) is 7.28. The number of nitrogens with one attached hydrogen (secondary N) is 4. The molecule has 1 saturated heterocycles. The van der Waals surface area contributed by atoms with Crippen LogP contribution in [0.4, 0.5) is 13.2 Å². The maximum absolute atomic E-state index is 13.8. The Bertz CT molecular complexity index is 1380. The molecule has 3 atom stereocenters. The molecule has 242 valence electrons. The lowest BCUT2D eigenvalue weighted by molar-refractivity contribution is -0.175. The van der Waals surface area contributed by atoms with Crippen molar-refractivity contribution in [2.75, 3.05) is 26.4 Å². The number of fused-ring (bicyclic) bond motifs is 2. The molecule has 0 saturated carbocycles. The second-order valence-corrected chi connectivity index (χ2v) is 10.6. The molecule has 2 aromatic carbocycles. The molecule has 0 unspecified atom stereocenters. The van der Waals surface area contributed by atoms with Crippen LogP contribution in [-0.4, -0.2) is 85.1 Å². The molecule has 0 aromatic heterocycles. The molecule has 5 amide bonds. The summed E-state index contributed by atoms with van der Waals surface area (Å²) in [6.07, 6.45) is -3.82. The number of hydrogen-bond donors (Lipinski definition) is 4. The molecule has 1 fully saturated rings. The van der Waals surface area contributed by atoms with E-state index in [2.05, 4.69) is 10.6 Å². The molecule has 2 aliphatic heterocycles. The number of alkyl halides is 3. The normalized spacial score (nSPS) is 21.7. The topological polar surface area (TPSA) is 155 Å². The highest BCUT2D eigenvalue weighted by molar-refractivity contribution is 5.95. The van der Waals surface area contributed by atoms with Crippen molar-refractivity contribution in [3.8, 4) is 5.75 Å². The van der Waals surface area contributed by atoms with Crippen molar-refractivity contribution in [3.05, 3.63) is 65.7 Å². The lowest BCUT2D eigenvalue weighted by Gasteiger charge is -2.30. The molecule has 45 heavy (non-hydrogen) atoms. The first-order valence-corrected chi connectivity index (χ1v) is 14.4. The first-order chi connectivity index (χ1) is 21.5. The van der Waals surface area contributed by atoms with E-state index in [4.69, 9.17) is 9.47 Å². The largest absolute Gasteiger partial charge is 0.491 e. The molecule has 2 bridgehead atoms. The van der Waals surface area contributed by atoms with Crippen molar-refractivity contribution < 1.29 is 46.6 Å². The van der Waals surface area contributed by atoms with Gasteiger partial charge in [-0.25, -0.2) is 0 Å². The van der Waals surface area contributed by atoms with Crippen LogP contribution in [0.3, 0.4) is 0 Å². The Morgan fingerprint density at radius 3 is 2.44 bits per heavy atom. The van der Waals surface area contributed by atoms with Gasteiger partial charge in [-0.2, -0.15) is 13.2 Å². The van der Waals surface area contributed by atoms with Gasteiger partial charge in [-0.1, -0.05) is 42.5 Å². The van der Waals surface area contributed by atoms with Gasteiger partial charge in [0.05, 0.1) is 13.2 Å². The van der Waals surface area contributed by atoms with Gasteiger partial charge in [-0.15, -0.1) is 0 Å². The zero-order chi connectivity index (χ0) is 32.4. The Hall–Kier alpha value is -4.66. The van der Waals surface area contributed by atoms with Gasteiger partial charge < -0.3 is 25.0 Å². The molecule has 12 nitrogen and oxygen atoms in total. The minimum absolute atomic E-state index is 0.0186. The van der Waals surface area contributed by atoms with Crippen molar-refractivity contribution >= 4 is 29.5 Å². The number of carbonyl (C=O) groups is 5. The van der Waals surface area contributed by atoms with Crippen molar-refractivity contribution in [1.82, 2.24) is 26.4 Å². The molecule has 4 rings (SSSR count). The molecule has 4 N–H and O–H groups in total. The third kappa shape index (κ3) is 9.66. The van der Waals surface area contributed by atoms with Crippen LogP contribution in [0.1, 0.15) is 30.4 Å². The minimum Gasteiger partial charge on any atom is -0.491 e. The summed E-state index contributed by atoms with van der Waals surface area (Å²) < 4.78 is 49.2. The Balaban J connectivity index is 1.61. The second-order valence-electron chi connectivity index (χ2n) is 10.6. The van der Waals surface area contributed by atoms with Crippen LogP contribution in [0, 0.1) is 0 Å². The van der Waals surface area contributed by atoms with Crippen molar-refractivity contribution in [2.24, 2.45) is 0 Å². The predicted octanol–water partition coefficient (Wildman–Crippen LogP) is 0.941. The van der Waals surface area contributed by atoms with Gasteiger partial charge in [0.15, 0.2) is 0 Å². The highest BCUT2D eigenvalue weighted by atomic mass is 19.4. The quantitative estimate of drug-likeness (QED) is 0.358. The van der Waals surface area contributed by atoms with Crippen LogP contribution >= 0.6 is 0 Å². The van der Waals surface area contributed by atoms with Crippen LogP contribution in [0.5, 0.6) is 5.75 Å². The van der Waals surface area contributed by atoms with E-state index in [0.717, 1.165) is 11.1 Å². The standard InChI is InChI=1S/C30H34F3N5O7/c31-30(32,33)29(43)37-36-27(41)23-18-44-14-15-45-21-9-4-8-20(16-21)17-24(38-13-5-10-25(38)39)28(42)34-22(26(40)35-23)12-11-19-6-2-1-3-7-19/h1-4,6-9,16,22-24H,5,10-15,17-18H2,(H,34,42)(H,35,40)(H,36,41)(H,37,43)/t22-,23-,24-/m0/s1. The fourth-order valence-electron chi connectivity index (χ4n) is 4.97. The molecular weight excluding hydrogens is 599 g/mol. The summed E-state index contributed by atoms with van der Waals surface area (Å²) in [5.41, 5.74) is 4.50. The third-order valence-electron chi connectivity index (χ3n) is 7.28. The fraction of sp³-hybridized carbons (Fsp3) is 0.433. The summed E-state index contributed by atoms with van der Waals surface area (Å²) in [6.45, 7) is -0.174. The number of hydrogen-bond acceptors (Lipinski definition) is 7. The zero-order valence-corrected chi connectivity index (χ0v) is 24.2. The Kier molecular flexibility index (Phi) is 11.4. The molecule has 2 heterocycles. The molecule has 15 heteroatoms. The summed E-state index contributed by atoms with van der Waals surface area (Å²) in [5.74, 6) is -4.74. The first kappa shape index (κ1) is 33.2. The lowest BCUT2D eigenvalue weighted by Crippen LogP contribution is -2.60. The van der Waals surface area contributed by atoms with Crippen LogP contribution in [0.15, 0.2) is 54.6 Å². The first-order valence-electron chi connectivity index (χ1n) is 14.4. The SMILES string of the molecule is O=C(NNC(=O)C(F)(F)F)[C@@H]1COCCOc2cccc(c2)C[C@H](N2CCCC2=O)C(=O)N[C@@H](CCc2ccccc2)C(=O)N1. The second kappa shape index (κ2) is 15.4. The Morgan fingerprint density at radius 2 is 1.73 bits per heavy atom. The van der Waals surface area contributed by atoms with E-state index in [1.165, 1.54) is 10.3 Å². The van der Waals surface area contributed by atoms with Gasteiger partial charge in [0, 0.05) is 19.4 Å². The number of likely N-dealkylation sites (tertiary alicyclic amines) is 1. The van der Waals surface area contributed by atoms with E-state index in [-0.39, 0.29) is 38.4 Å². The van der Waals surface area contributed by atoms with Gasteiger partial charge in [0.1, 0.15) is 30.5 Å². The number of nitrogens with zero attached hydrogens (tertiary/aromatic N) is 1. The monoisotopic (exact) mass is 633 g/mol. The van der Waals surface area contributed by atoms with Gasteiger partial charge in [-0.05, 0) is 42.5 Å². The Morgan fingerprint density at radius 1 is 0.956 bits per heavy atom. The van der Waals surface area contributed by atoms with E-state index >= 15 is 0 Å². The smallest absolute Gasteiger partial charge is 0.472 e. The predicted molar refractivity (Wildman–Crippen MR) is 152 cm³/mol. The molecular formula is C30H34F3N5O7. The maximum Gasteiger partial charge on any atom is 0.472 e. The van der Waals surface area contributed by atoms with Crippen LogP contribution < -0.4 is 26.2 Å². The summed E-state index contributed by atoms with van der Waals surface area (Å²) in [6, 6.07) is 12.4. The van der Waals surface area contributed by atoms with Crippen molar-refractivity contribution in [2.45, 2.75) is 56.4 Å².